The molecule has 4 nitrogen and oxygen atoms in total. The van der Waals surface area contributed by atoms with Crippen molar-refractivity contribution in [3.8, 4) is 0 Å². The van der Waals surface area contributed by atoms with Crippen molar-refractivity contribution in [2.24, 2.45) is 5.73 Å². The van der Waals surface area contributed by atoms with Crippen LogP contribution in [0.1, 0.15) is 17.8 Å². The van der Waals surface area contributed by atoms with Crippen LogP contribution in [0.15, 0.2) is 42.2 Å². The standard InChI is InChI=1S/C14H16N4S/c15-11(4-5-12-3-1-2-6-16-12)9-13-10-18-7-8-19-14(18)17-13/h1-3,6-8,10-11H,4-5,9,15H2. The number of imidazole rings is 1. The van der Waals surface area contributed by atoms with Gasteiger partial charge in [0.05, 0.1) is 5.69 Å². The second-order valence-electron chi connectivity index (χ2n) is 4.65. The second-order valence-corrected chi connectivity index (χ2v) is 5.52. The Labute approximate surface area is 115 Å². The number of aromatic nitrogens is 3. The summed E-state index contributed by atoms with van der Waals surface area (Å²) < 4.78 is 2.05. The van der Waals surface area contributed by atoms with Crippen LogP contribution in [-0.2, 0) is 12.8 Å². The lowest BCUT2D eigenvalue weighted by Crippen LogP contribution is -2.23. The first-order valence-electron chi connectivity index (χ1n) is 6.38. The van der Waals surface area contributed by atoms with Crippen LogP contribution in [-0.4, -0.2) is 20.4 Å². The van der Waals surface area contributed by atoms with E-state index < -0.39 is 0 Å². The highest BCUT2D eigenvalue weighted by molar-refractivity contribution is 7.15. The highest BCUT2D eigenvalue weighted by Gasteiger charge is 2.09. The summed E-state index contributed by atoms with van der Waals surface area (Å²) >= 11 is 1.65. The predicted molar refractivity (Wildman–Crippen MR) is 77.3 cm³/mol. The summed E-state index contributed by atoms with van der Waals surface area (Å²) in [5, 5.41) is 2.03. The third kappa shape index (κ3) is 3.00. The number of hydrogen-bond acceptors (Lipinski definition) is 4. The average Bonchev–Trinajstić information content (AvgIpc) is 2.98. The number of hydrogen-bond donors (Lipinski definition) is 1. The monoisotopic (exact) mass is 272 g/mol. The summed E-state index contributed by atoms with van der Waals surface area (Å²) in [5.74, 6) is 0. The summed E-state index contributed by atoms with van der Waals surface area (Å²) in [7, 11) is 0. The molecular formula is C14H16N4S. The summed E-state index contributed by atoms with van der Waals surface area (Å²) in [5.41, 5.74) is 8.34. The largest absolute Gasteiger partial charge is 0.327 e. The topological polar surface area (TPSA) is 56.2 Å². The number of rotatable bonds is 5. The van der Waals surface area contributed by atoms with E-state index in [1.54, 1.807) is 11.3 Å². The first-order chi connectivity index (χ1) is 9.31. The minimum atomic E-state index is 0.131. The Morgan fingerprint density at radius 2 is 2.26 bits per heavy atom. The van der Waals surface area contributed by atoms with Crippen molar-refractivity contribution >= 4 is 16.3 Å². The Bertz CT molecular complexity index is 615. The van der Waals surface area contributed by atoms with Gasteiger partial charge in [0.15, 0.2) is 4.96 Å². The zero-order valence-corrected chi connectivity index (χ0v) is 11.4. The molecule has 3 heterocycles. The molecule has 1 unspecified atom stereocenters. The van der Waals surface area contributed by atoms with Crippen LogP contribution >= 0.6 is 11.3 Å². The van der Waals surface area contributed by atoms with E-state index in [2.05, 4.69) is 16.2 Å². The Morgan fingerprint density at radius 3 is 3.05 bits per heavy atom. The van der Waals surface area contributed by atoms with Gasteiger partial charge in [0.1, 0.15) is 0 Å². The van der Waals surface area contributed by atoms with Gasteiger partial charge in [-0.15, -0.1) is 11.3 Å². The zero-order chi connectivity index (χ0) is 13.1. The van der Waals surface area contributed by atoms with Gasteiger partial charge in [-0.1, -0.05) is 6.07 Å². The van der Waals surface area contributed by atoms with Crippen molar-refractivity contribution in [1.29, 1.82) is 0 Å². The Balaban J connectivity index is 1.56. The number of fused-ring (bicyclic) bond motifs is 1. The summed E-state index contributed by atoms with van der Waals surface area (Å²) in [6.45, 7) is 0. The van der Waals surface area contributed by atoms with Gasteiger partial charge in [0.25, 0.3) is 0 Å². The molecule has 5 heteroatoms. The Morgan fingerprint density at radius 1 is 1.32 bits per heavy atom. The van der Waals surface area contributed by atoms with Gasteiger partial charge in [-0.05, 0) is 25.0 Å². The fourth-order valence-corrected chi connectivity index (χ4v) is 2.84. The van der Waals surface area contributed by atoms with Gasteiger partial charge in [0, 0.05) is 42.1 Å². The molecule has 0 radical (unpaired) electrons. The van der Waals surface area contributed by atoms with Gasteiger partial charge in [-0.2, -0.15) is 0 Å². The molecule has 3 aromatic heterocycles. The highest BCUT2D eigenvalue weighted by Crippen LogP contribution is 2.13. The Kier molecular flexibility index (Phi) is 3.57. The van der Waals surface area contributed by atoms with Crippen molar-refractivity contribution in [1.82, 2.24) is 14.4 Å². The normalized spacial score (nSPS) is 12.9. The number of nitrogens with zero attached hydrogens (tertiary/aromatic N) is 3. The minimum Gasteiger partial charge on any atom is -0.327 e. The molecule has 1 atom stereocenters. The molecule has 0 saturated carbocycles. The van der Waals surface area contributed by atoms with Crippen LogP contribution in [0.3, 0.4) is 0 Å². The first-order valence-corrected chi connectivity index (χ1v) is 7.26. The minimum absolute atomic E-state index is 0.131. The molecular weight excluding hydrogens is 256 g/mol. The van der Waals surface area contributed by atoms with Crippen LogP contribution in [0.25, 0.3) is 4.96 Å². The van der Waals surface area contributed by atoms with E-state index in [9.17, 15) is 0 Å². The van der Waals surface area contributed by atoms with Crippen molar-refractivity contribution in [2.45, 2.75) is 25.3 Å². The maximum Gasteiger partial charge on any atom is 0.193 e. The molecule has 2 N–H and O–H groups in total. The van der Waals surface area contributed by atoms with E-state index >= 15 is 0 Å². The zero-order valence-electron chi connectivity index (χ0n) is 10.6. The fourth-order valence-electron chi connectivity index (χ4n) is 2.12. The van der Waals surface area contributed by atoms with Crippen molar-refractivity contribution < 1.29 is 0 Å². The van der Waals surface area contributed by atoms with Crippen LogP contribution in [0.2, 0.25) is 0 Å². The number of aryl methyl sites for hydroxylation is 1. The van der Waals surface area contributed by atoms with Crippen molar-refractivity contribution in [3.05, 3.63) is 53.6 Å². The molecule has 0 aliphatic carbocycles. The molecule has 3 aromatic rings. The summed E-state index contributed by atoms with van der Waals surface area (Å²) in [4.78, 5) is 9.90. The van der Waals surface area contributed by atoms with Gasteiger partial charge >= 0.3 is 0 Å². The molecule has 0 amide bonds. The molecule has 0 saturated heterocycles. The molecule has 3 rings (SSSR count). The lowest BCUT2D eigenvalue weighted by Gasteiger charge is -2.09. The van der Waals surface area contributed by atoms with E-state index in [0.717, 1.165) is 35.6 Å². The molecule has 19 heavy (non-hydrogen) atoms. The van der Waals surface area contributed by atoms with E-state index in [1.165, 1.54) is 0 Å². The van der Waals surface area contributed by atoms with Gasteiger partial charge in [0.2, 0.25) is 0 Å². The molecule has 0 aromatic carbocycles. The van der Waals surface area contributed by atoms with Crippen LogP contribution in [0.4, 0.5) is 0 Å². The number of nitrogens with two attached hydrogens (primary N) is 1. The third-order valence-electron chi connectivity index (χ3n) is 3.11. The third-order valence-corrected chi connectivity index (χ3v) is 3.88. The van der Waals surface area contributed by atoms with Crippen LogP contribution in [0, 0.1) is 0 Å². The summed E-state index contributed by atoms with van der Waals surface area (Å²) in [6.07, 6.45) is 8.58. The molecule has 0 spiro atoms. The van der Waals surface area contributed by atoms with Crippen LogP contribution in [0.5, 0.6) is 0 Å². The van der Waals surface area contributed by atoms with E-state index in [-0.39, 0.29) is 6.04 Å². The quantitative estimate of drug-likeness (QED) is 0.775. The Hall–Kier alpha value is -1.72. The van der Waals surface area contributed by atoms with Gasteiger partial charge < -0.3 is 5.73 Å². The predicted octanol–water partition coefficient (Wildman–Crippen LogP) is 2.29. The second kappa shape index (κ2) is 5.50. The first kappa shape index (κ1) is 12.3. The lowest BCUT2D eigenvalue weighted by atomic mass is 10.1. The maximum atomic E-state index is 6.17. The number of pyridine rings is 1. The fraction of sp³-hybridized carbons (Fsp3) is 0.286. The van der Waals surface area contributed by atoms with Crippen molar-refractivity contribution in [2.75, 3.05) is 0 Å². The molecule has 98 valence electrons. The van der Waals surface area contributed by atoms with Crippen molar-refractivity contribution in [3.63, 3.8) is 0 Å². The smallest absolute Gasteiger partial charge is 0.193 e. The molecule has 0 fully saturated rings. The van der Waals surface area contributed by atoms with E-state index in [0.29, 0.717) is 0 Å². The maximum absolute atomic E-state index is 6.17. The average molecular weight is 272 g/mol. The lowest BCUT2D eigenvalue weighted by molar-refractivity contribution is 0.599. The molecule has 0 aliphatic rings. The van der Waals surface area contributed by atoms with Gasteiger partial charge in [-0.3, -0.25) is 9.38 Å². The van der Waals surface area contributed by atoms with E-state index in [4.69, 9.17) is 5.73 Å². The number of thiazole rings is 1. The highest BCUT2D eigenvalue weighted by atomic mass is 32.1. The SMILES string of the molecule is NC(CCc1ccccn1)Cc1cn2ccsc2n1. The summed E-state index contributed by atoms with van der Waals surface area (Å²) in [6, 6.07) is 6.12. The van der Waals surface area contributed by atoms with Gasteiger partial charge in [-0.25, -0.2) is 4.98 Å². The molecule has 0 aliphatic heterocycles. The van der Waals surface area contributed by atoms with E-state index in [1.807, 2.05) is 40.4 Å². The van der Waals surface area contributed by atoms with Crippen LogP contribution < -0.4 is 5.73 Å². The molecule has 0 bridgehead atoms.